The van der Waals surface area contributed by atoms with Gasteiger partial charge in [0.05, 0.1) is 11.8 Å². The lowest BCUT2D eigenvalue weighted by atomic mass is 10.3. The van der Waals surface area contributed by atoms with E-state index in [0.717, 1.165) is 12.2 Å². The first kappa shape index (κ1) is 11.9. The fraction of sp³-hybridized carbons (Fsp3) is 0.308. The van der Waals surface area contributed by atoms with E-state index < -0.39 is 0 Å². The summed E-state index contributed by atoms with van der Waals surface area (Å²) in [6.45, 7) is 4.80. The van der Waals surface area contributed by atoms with E-state index in [1.807, 2.05) is 26.0 Å². The lowest BCUT2D eigenvalue weighted by molar-refractivity contribution is 0.234. The van der Waals surface area contributed by atoms with Gasteiger partial charge in [0.2, 0.25) is 5.88 Å². The molecule has 90 valence electrons. The Labute approximate surface area is 105 Å². The summed E-state index contributed by atoms with van der Waals surface area (Å²) >= 11 is 1.74. The smallest absolute Gasteiger partial charge is 0.237 e. The van der Waals surface area contributed by atoms with Crippen LogP contribution in [0.4, 0.5) is 5.69 Å². The third kappa shape index (κ3) is 3.46. The summed E-state index contributed by atoms with van der Waals surface area (Å²) in [6.07, 6.45) is 1.88. The average Bonchev–Trinajstić information content (AvgIpc) is 2.80. The van der Waals surface area contributed by atoms with Crippen LogP contribution in [0.2, 0.25) is 0 Å². The standard InChI is InChI=1S/C13H16N2OS/c1-10(2)16-13-12(6-3-7-14-13)15-9-11-5-4-8-17-11/h3-8,10,15H,9H2,1-2H3. The zero-order valence-electron chi connectivity index (χ0n) is 10.0. The molecule has 2 rings (SSSR count). The van der Waals surface area contributed by atoms with Gasteiger partial charge >= 0.3 is 0 Å². The number of aromatic nitrogens is 1. The minimum Gasteiger partial charge on any atom is -0.473 e. The summed E-state index contributed by atoms with van der Waals surface area (Å²) in [7, 11) is 0. The molecule has 0 bridgehead atoms. The van der Waals surface area contributed by atoms with Crippen molar-refractivity contribution in [1.29, 1.82) is 0 Å². The fourth-order valence-corrected chi connectivity index (χ4v) is 2.08. The maximum absolute atomic E-state index is 5.65. The highest BCUT2D eigenvalue weighted by molar-refractivity contribution is 7.09. The first-order valence-electron chi connectivity index (χ1n) is 5.63. The van der Waals surface area contributed by atoms with E-state index in [1.165, 1.54) is 4.88 Å². The van der Waals surface area contributed by atoms with Gasteiger partial charge in [0.25, 0.3) is 0 Å². The number of pyridine rings is 1. The van der Waals surface area contributed by atoms with Gasteiger partial charge in [-0.25, -0.2) is 4.98 Å². The second-order valence-electron chi connectivity index (χ2n) is 3.96. The maximum Gasteiger partial charge on any atom is 0.237 e. The number of nitrogens with one attached hydrogen (secondary N) is 1. The molecule has 4 heteroatoms. The van der Waals surface area contributed by atoms with Gasteiger partial charge in [-0.3, -0.25) is 0 Å². The van der Waals surface area contributed by atoms with Crippen LogP contribution in [0.5, 0.6) is 5.88 Å². The van der Waals surface area contributed by atoms with Crippen molar-refractivity contribution in [2.24, 2.45) is 0 Å². The Balaban J connectivity index is 2.04. The van der Waals surface area contributed by atoms with Gasteiger partial charge in [-0.05, 0) is 37.4 Å². The lowest BCUT2D eigenvalue weighted by Crippen LogP contribution is -2.09. The van der Waals surface area contributed by atoms with E-state index in [0.29, 0.717) is 5.88 Å². The number of rotatable bonds is 5. The van der Waals surface area contributed by atoms with Crippen LogP contribution < -0.4 is 10.1 Å². The fourth-order valence-electron chi connectivity index (χ4n) is 1.44. The normalized spacial score (nSPS) is 10.5. The molecule has 0 saturated carbocycles. The molecular formula is C13H16N2OS. The highest BCUT2D eigenvalue weighted by atomic mass is 32.1. The Bertz CT molecular complexity index is 454. The molecular weight excluding hydrogens is 232 g/mol. The summed E-state index contributed by atoms with van der Waals surface area (Å²) in [6, 6.07) is 8.05. The minimum absolute atomic E-state index is 0.132. The molecule has 17 heavy (non-hydrogen) atoms. The SMILES string of the molecule is CC(C)Oc1ncccc1NCc1cccs1. The Morgan fingerprint density at radius 2 is 2.24 bits per heavy atom. The molecule has 0 aliphatic carbocycles. The van der Waals surface area contributed by atoms with E-state index in [9.17, 15) is 0 Å². The highest BCUT2D eigenvalue weighted by Gasteiger charge is 2.06. The van der Waals surface area contributed by atoms with E-state index in [4.69, 9.17) is 4.74 Å². The van der Waals surface area contributed by atoms with Gasteiger partial charge in [0.1, 0.15) is 0 Å². The Kier molecular flexibility index (Phi) is 3.98. The Morgan fingerprint density at radius 1 is 1.35 bits per heavy atom. The van der Waals surface area contributed by atoms with E-state index >= 15 is 0 Å². The van der Waals surface area contributed by atoms with Gasteiger partial charge < -0.3 is 10.1 Å². The van der Waals surface area contributed by atoms with Crippen molar-refractivity contribution in [3.8, 4) is 5.88 Å². The molecule has 0 fully saturated rings. The number of ether oxygens (including phenoxy) is 1. The quantitative estimate of drug-likeness (QED) is 0.878. The van der Waals surface area contributed by atoms with Crippen LogP contribution in [0.3, 0.4) is 0 Å². The van der Waals surface area contributed by atoms with Crippen molar-refractivity contribution in [1.82, 2.24) is 4.98 Å². The summed E-state index contributed by atoms with van der Waals surface area (Å²) in [5, 5.41) is 5.42. The monoisotopic (exact) mass is 248 g/mol. The van der Waals surface area contributed by atoms with Gasteiger partial charge in [0.15, 0.2) is 0 Å². The second-order valence-corrected chi connectivity index (χ2v) is 4.99. The predicted octanol–water partition coefficient (Wildman–Crippen LogP) is 3.54. The zero-order valence-corrected chi connectivity index (χ0v) is 10.8. The van der Waals surface area contributed by atoms with Crippen molar-refractivity contribution in [2.75, 3.05) is 5.32 Å². The highest BCUT2D eigenvalue weighted by Crippen LogP contribution is 2.23. The molecule has 3 nitrogen and oxygen atoms in total. The molecule has 2 aromatic rings. The number of hydrogen-bond acceptors (Lipinski definition) is 4. The van der Waals surface area contributed by atoms with Gasteiger partial charge in [-0.2, -0.15) is 0 Å². The van der Waals surface area contributed by atoms with Crippen molar-refractivity contribution < 1.29 is 4.74 Å². The van der Waals surface area contributed by atoms with Gasteiger partial charge in [-0.15, -0.1) is 11.3 Å². The third-order valence-corrected chi connectivity index (χ3v) is 3.03. The molecule has 0 spiro atoms. The number of anilines is 1. The van der Waals surface area contributed by atoms with Crippen LogP contribution in [0.25, 0.3) is 0 Å². The number of thiophene rings is 1. The molecule has 0 radical (unpaired) electrons. The molecule has 2 aromatic heterocycles. The third-order valence-electron chi connectivity index (χ3n) is 2.15. The molecule has 2 heterocycles. The van der Waals surface area contributed by atoms with Gasteiger partial charge in [-0.1, -0.05) is 6.07 Å². The van der Waals surface area contributed by atoms with Crippen molar-refractivity contribution in [3.05, 3.63) is 40.7 Å². The molecule has 0 saturated heterocycles. The largest absolute Gasteiger partial charge is 0.473 e. The van der Waals surface area contributed by atoms with E-state index in [1.54, 1.807) is 17.5 Å². The minimum atomic E-state index is 0.132. The first-order chi connectivity index (χ1) is 8.25. The first-order valence-corrected chi connectivity index (χ1v) is 6.51. The molecule has 0 aromatic carbocycles. The Morgan fingerprint density at radius 3 is 2.94 bits per heavy atom. The summed E-state index contributed by atoms with van der Waals surface area (Å²) in [4.78, 5) is 5.53. The lowest BCUT2D eigenvalue weighted by Gasteiger charge is -2.13. The predicted molar refractivity (Wildman–Crippen MR) is 71.6 cm³/mol. The van der Waals surface area contributed by atoms with E-state index in [2.05, 4.69) is 27.8 Å². The topological polar surface area (TPSA) is 34.1 Å². The van der Waals surface area contributed by atoms with Crippen LogP contribution in [0.1, 0.15) is 18.7 Å². The van der Waals surface area contributed by atoms with Crippen molar-refractivity contribution in [3.63, 3.8) is 0 Å². The van der Waals surface area contributed by atoms with Crippen molar-refractivity contribution in [2.45, 2.75) is 26.5 Å². The average molecular weight is 248 g/mol. The Hall–Kier alpha value is -1.55. The summed E-state index contributed by atoms with van der Waals surface area (Å²) in [5.74, 6) is 0.666. The van der Waals surface area contributed by atoms with E-state index in [-0.39, 0.29) is 6.10 Å². The molecule has 0 aliphatic rings. The molecule has 0 unspecified atom stereocenters. The zero-order chi connectivity index (χ0) is 12.1. The molecule has 0 amide bonds. The molecule has 1 N–H and O–H groups in total. The summed E-state index contributed by atoms with van der Waals surface area (Å²) in [5.41, 5.74) is 0.939. The van der Waals surface area contributed by atoms with Crippen molar-refractivity contribution >= 4 is 17.0 Å². The number of hydrogen-bond donors (Lipinski definition) is 1. The van der Waals surface area contributed by atoms with Gasteiger partial charge in [0, 0.05) is 17.6 Å². The second kappa shape index (κ2) is 5.68. The van der Waals surface area contributed by atoms with Crippen LogP contribution in [-0.2, 0) is 6.54 Å². The summed E-state index contributed by atoms with van der Waals surface area (Å²) < 4.78 is 5.65. The maximum atomic E-state index is 5.65. The number of nitrogens with zero attached hydrogens (tertiary/aromatic N) is 1. The van der Waals surface area contributed by atoms with Crippen LogP contribution in [-0.4, -0.2) is 11.1 Å². The molecule has 0 aliphatic heterocycles. The molecule has 0 atom stereocenters. The van der Waals surface area contributed by atoms with Crippen LogP contribution in [0.15, 0.2) is 35.8 Å². The van der Waals surface area contributed by atoms with Crippen LogP contribution >= 0.6 is 11.3 Å². The van der Waals surface area contributed by atoms with Crippen LogP contribution in [0, 0.1) is 0 Å².